The molecule has 1 unspecified atom stereocenters. The number of anilines is 1. The largest absolute Gasteiger partial charge is 0.395 e. The molecule has 1 saturated heterocycles. The topological polar surface area (TPSA) is 72.2 Å². The van der Waals surface area contributed by atoms with E-state index in [0.717, 1.165) is 18.8 Å². The van der Waals surface area contributed by atoms with Gasteiger partial charge in [0.25, 0.3) is 0 Å². The van der Waals surface area contributed by atoms with Crippen molar-refractivity contribution in [3.05, 3.63) is 24.0 Å². The van der Waals surface area contributed by atoms with Gasteiger partial charge in [0.1, 0.15) is 11.8 Å². The second-order valence-corrected chi connectivity index (χ2v) is 4.48. The molecule has 0 amide bonds. The van der Waals surface area contributed by atoms with Crippen molar-refractivity contribution >= 4 is 5.69 Å². The van der Waals surface area contributed by atoms with E-state index in [-0.39, 0.29) is 6.61 Å². The quantitative estimate of drug-likeness (QED) is 0.791. The highest BCUT2D eigenvalue weighted by Gasteiger charge is 2.18. The van der Waals surface area contributed by atoms with Gasteiger partial charge in [0.15, 0.2) is 0 Å². The van der Waals surface area contributed by atoms with Crippen LogP contribution in [0.25, 0.3) is 0 Å². The molecule has 5 heteroatoms. The van der Waals surface area contributed by atoms with Crippen molar-refractivity contribution in [1.29, 1.82) is 5.26 Å². The maximum Gasteiger partial charge on any atom is 0.140 e. The molecule has 2 rings (SSSR count). The van der Waals surface area contributed by atoms with Crippen LogP contribution >= 0.6 is 0 Å². The Morgan fingerprint density at radius 2 is 2.44 bits per heavy atom. The molecule has 2 heterocycles. The van der Waals surface area contributed by atoms with Gasteiger partial charge in [-0.3, -0.25) is 0 Å². The molecule has 0 spiro atoms. The fourth-order valence-electron chi connectivity index (χ4n) is 2.26. The molecule has 5 nitrogen and oxygen atoms in total. The van der Waals surface area contributed by atoms with E-state index < -0.39 is 0 Å². The molecule has 18 heavy (non-hydrogen) atoms. The first-order chi connectivity index (χ1) is 8.83. The summed E-state index contributed by atoms with van der Waals surface area (Å²) in [5.74, 6) is 0. The predicted octanol–water partition coefficient (Wildman–Crippen LogP) is 0.504. The molecule has 1 aromatic heterocycles. The van der Waals surface area contributed by atoms with E-state index in [9.17, 15) is 0 Å². The summed E-state index contributed by atoms with van der Waals surface area (Å²) in [6, 6.07) is 6.08. The molecule has 0 bridgehead atoms. The zero-order chi connectivity index (χ0) is 12.8. The third-order valence-corrected chi connectivity index (χ3v) is 3.20. The Balaban J connectivity index is 2.05. The van der Waals surface area contributed by atoms with Crippen LogP contribution < -0.4 is 10.2 Å². The summed E-state index contributed by atoms with van der Waals surface area (Å²) in [5, 5.41) is 21.3. The summed E-state index contributed by atoms with van der Waals surface area (Å²) < 4.78 is 0. The van der Waals surface area contributed by atoms with Crippen molar-refractivity contribution in [2.75, 3.05) is 31.1 Å². The number of rotatable bonds is 5. The maximum atomic E-state index is 9.14. The number of aliphatic hydroxyl groups is 1. The lowest BCUT2D eigenvalue weighted by Crippen LogP contribution is -2.39. The number of hydrogen-bond donors (Lipinski definition) is 2. The first-order valence-corrected chi connectivity index (χ1v) is 6.29. The predicted molar refractivity (Wildman–Crippen MR) is 69.3 cm³/mol. The number of nitriles is 1. The minimum absolute atomic E-state index is 0.118. The smallest absolute Gasteiger partial charge is 0.140 e. The summed E-state index contributed by atoms with van der Waals surface area (Å²) in [6.45, 7) is 2.65. The van der Waals surface area contributed by atoms with Crippen LogP contribution in [-0.4, -0.2) is 42.4 Å². The van der Waals surface area contributed by atoms with Crippen LogP contribution in [0.4, 0.5) is 5.69 Å². The van der Waals surface area contributed by atoms with Gasteiger partial charge in [0, 0.05) is 19.1 Å². The van der Waals surface area contributed by atoms with E-state index in [1.165, 1.54) is 12.8 Å². The number of aromatic nitrogens is 1. The van der Waals surface area contributed by atoms with Gasteiger partial charge in [0.05, 0.1) is 18.5 Å². The van der Waals surface area contributed by atoms with Gasteiger partial charge in [-0.25, -0.2) is 4.98 Å². The first-order valence-electron chi connectivity index (χ1n) is 6.29. The molecule has 1 aromatic rings. The Labute approximate surface area is 107 Å². The molecule has 0 aliphatic carbocycles. The minimum atomic E-state index is 0.118. The maximum absolute atomic E-state index is 9.14. The van der Waals surface area contributed by atoms with Gasteiger partial charge < -0.3 is 15.3 Å². The average molecular weight is 246 g/mol. The molecule has 0 saturated carbocycles. The number of nitrogens with one attached hydrogen (secondary N) is 1. The Kier molecular flexibility index (Phi) is 4.51. The van der Waals surface area contributed by atoms with Crippen LogP contribution in [0.1, 0.15) is 18.5 Å². The molecular weight excluding hydrogens is 228 g/mol. The molecule has 0 aromatic carbocycles. The van der Waals surface area contributed by atoms with E-state index >= 15 is 0 Å². The van der Waals surface area contributed by atoms with Crippen LogP contribution in [0.2, 0.25) is 0 Å². The highest BCUT2D eigenvalue weighted by Crippen LogP contribution is 2.15. The standard InChI is InChI=1S/C13H18N4O/c14-8-11-3-4-13(9-16-11)17(6-7-18)10-12-2-1-5-15-12/h3-4,9,12,15,18H,1-2,5-7,10H2. The lowest BCUT2D eigenvalue weighted by Gasteiger charge is -2.26. The van der Waals surface area contributed by atoms with Gasteiger partial charge in [-0.05, 0) is 31.5 Å². The summed E-state index contributed by atoms with van der Waals surface area (Å²) in [5.41, 5.74) is 1.37. The van der Waals surface area contributed by atoms with Gasteiger partial charge in [-0.1, -0.05) is 0 Å². The van der Waals surface area contributed by atoms with E-state index in [1.807, 2.05) is 12.1 Å². The molecule has 2 N–H and O–H groups in total. The van der Waals surface area contributed by atoms with Crippen LogP contribution in [0.5, 0.6) is 0 Å². The number of nitrogens with zero attached hydrogens (tertiary/aromatic N) is 3. The van der Waals surface area contributed by atoms with Gasteiger partial charge >= 0.3 is 0 Å². The normalized spacial score (nSPS) is 18.6. The Morgan fingerprint density at radius 1 is 1.56 bits per heavy atom. The Hall–Kier alpha value is -1.64. The van der Waals surface area contributed by atoms with E-state index in [4.69, 9.17) is 10.4 Å². The van der Waals surface area contributed by atoms with Crippen LogP contribution in [0.3, 0.4) is 0 Å². The van der Waals surface area contributed by atoms with Crippen molar-refractivity contribution in [1.82, 2.24) is 10.3 Å². The van der Waals surface area contributed by atoms with Crippen molar-refractivity contribution in [2.24, 2.45) is 0 Å². The summed E-state index contributed by atoms with van der Waals surface area (Å²) in [7, 11) is 0. The first kappa shape index (κ1) is 12.8. The van der Waals surface area contributed by atoms with Crippen molar-refractivity contribution in [3.63, 3.8) is 0 Å². The van der Waals surface area contributed by atoms with Crippen molar-refractivity contribution in [2.45, 2.75) is 18.9 Å². The van der Waals surface area contributed by atoms with E-state index in [0.29, 0.717) is 18.3 Å². The van der Waals surface area contributed by atoms with Crippen molar-refractivity contribution < 1.29 is 5.11 Å². The van der Waals surface area contributed by atoms with Gasteiger partial charge in [-0.2, -0.15) is 5.26 Å². The third kappa shape index (κ3) is 3.19. The lowest BCUT2D eigenvalue weighted by molar-refractivity contribution is 0.300. The monoisotopic (exact) mass is 246 g/mol. The summed E-state index contributed by atoms with van der Waals surface area (Å²) >= 11 is 0. The molecule has 1 aliphatic heterocycles. The number of aliphatic hydroxyl groups excluding tert-OH is 1. The third-order valence-electron chi connectivity index (χ3n) is 3.20. The molecule has 0 radical (unpaired) electrons. The Bertz CT molecular complexity index is 406. The SMILES string of the molecule is N#Cc1ccc(N(CCO)CC2CCCN2)cn1. The fourth-order valence-corrected chi connectivity index (χ4v) is 2.26. The summed E-state index contributed by atoms with van der Waals surface area (Å²) in [4.78, 5) is 6.18. The van der Waals surface area contributed by atoms with Crippen LogP contribution in [0.15, 0.2) is 18.3 Å². The highest BCUT2D eigenvalue weighted by atomic mass is 16.3. The molecule has 1 fully saturated rings. The van der Waals surface area contributed by atoms with Gasteiger partial charge in [-0.15, -0.1) is 0 Å². The lowest BCUT2D eigenvalue weighted by atomic mass is 10.2. The molecule has 1 atom stereocenters. The van der Waals surface area contributed by atoms with Crippen LogP contribution in [0, 0.1) is 11.3 Å². The average Bonchev–Trinajstić information content (AvgIpc) is 2.91. The Morgan fingerprint density at radius 3 is 3.00 bits per heavy atom. The fraction of sp³-hybridized carbons (Fsp3) is 0.538. The van der Waals surface area contributed by atoms with E-state index in [2.05, 4.69) is 15.2 Å². The van der Waals surface area contributed by atoms with Crippen LogP contribution in [-0.2, 0) is 0 Å². The zero-order valence-electron chi connectivity index (χ0n) is 10.3. The van der Waals surface area contributed by atoms with E-state index in [1.54, 1.807) is 12.3 Å². The number of pyridine rings is 1. The van der Waals surface area contributed by atoms with Gasteiger partial charge in [0.2, 0.25) is 0 Å². The molecular formula is C13H18N4O. The van der Waals surface area contributed by atoms with Crippen molar-refractivity contribution in [3.8, 4) is 6.07 Å². The second-order valence-electron chi connectivity index (χ2n) is 4.48. The molecule has 96 valence electrons. The zero-order valence-corrected chi connectivity index (χ0v) is 10.3. The highest BCUT2D eigenvalue weighted by molar-refractivity contribution is 5.46. The second kappa shape index (κ2) is 6.34. The molecule has 1 aliphatic rings. The summed E-state index contributed by atoms with van der Waals surface area (Å²) in [6.07, 6.45) is 4.08. The minimum Gasteiger partial charge on any atom is -0.395 e. The number of hydrogen-bond acceptors (Lipinski definition) is 5.